The van der Waals surface area contributed by atoms with E-state index in [0.29, 0.717) is 18.5 Å². The Kier molecular flexibility index (Phi) is 4.42. The summed E-state index contributed by atoms with van der Waals surface area (Å²) < 4.78 is 11.6. The van der Waals surface area contributed by atoms with Crippen LogP contribution in [0.25, 0.3) is 0 Å². The number of aromatic nitrogens is 2. The van der Waals surface area contributed by atoms with Crippen LogP contribution in [0, 0.1) is 0 Å². The standard InChI is InChI=1S/C13H24N4O2/c1-5-6-14-7-11-15-16-12(18-11)17-8-10(2)19-13(3,4)9-17/h10,14H,5-9H2,1-4H3. The number of anilines is 1. The molecule has 1 aromatic heterocycles. The van der Waals surface area contributed by atoms with E-state index in [9.17, 15) is 0 Å². The normalized spacial score (nSPS) is 22.7. The van der Waals surface area contributed by atoms with E-state index in [1.165, 1.54) is 0 Å². The molecule has 108 valence electrons. The summed E-state index contributed by atoms with van der Waals surface area (Å²) in [5.41, 5.74) is -0.188. The van der Waals surface area contributed by atoms with E-state index in [-0.39, 0.29) is 11.7 Å². The zero-order valence-corrected chi connectivity index (χ0v) is 12.3. The average molecular weight is 268 g/mol. The van der Waals surface area contributed by atoms with E-state index < -0.39 is 0 Å². The van der Waals surface area contributed by atoms with Gasteiger partial charge in [-0.2, -0.15) is 0 Å². The van der Waals surface area contributed by atoms with E-state index in [2.05, 4.69) is 48.1 Å². The summed E-state index contributed by atoms with van der Waals surface area (Å²) in [5, 5.41) is 11.5. The van der Waals surface area contributed by atoms with Crippen LogP contribution in [0.3, 0.4) is 0 Å². The van der Waals surface area contributed by atoms with Gasteiger partial charge in [-0.25, -0.2) is 0 Å². The molecule has 19 heavy (non-hydrogen) atoms. The van der Waals surface area contributed by atoms with Crippen molar-refractivity contribution in [2.75, 3.05) is 24.5 Å². The first-order valence-electron chi connectivity index (χ1n) is 6.96. The molecule has 1 atom stereocenters. The molecule has 2 heterocycles. The largest absolute Gasteiger partial charge is 0.407 e. The lowest BCUT2D eigenvalue weighted by Crippen LogP contribution is -2.52. The third kappa shape index (κ3) is 3.91. The van der Waals surface area contributed by atoms with Crippen molar-refractivity contribution in [3.63, 3.8) is 0 Å². The number of nitrogens with one attached hydrogen (secondary N) is 1. The van der Waals surface area contributed by atoms with Gasteiger partial charge in [0.15, 0.2) is 0 Å². The van der Waals surface area contributed by atoms with Crippen molar-refractivity contribution in [3.8, 4) is 0 Å². The van der Waals surface area contributed by atoms with Crippen LogP contribution in [0.4, 0.5) is 6.01 Å². The second kappa shape index (κ2) is 5.88. The Morgan fingerprint density at radius 2 is 2.21 bits per heavy atom. The highest BCUT2D eigenvalue weighted by Crippen LogP contribution is 2.24. The van der Waals surface area contributed by atoms with Crippen molar-refractivity contribution in [2.45, 2.75) is 52.4 Å². The van der Waals surface area contributed by atoms with Gasteiger partial charge in [0.05, 0.1) is 24.8 Å². The summed E-state index contributed by atoms with van der Waals surface area (Å²) in [6.07, 6.45) is 1.26. The molecular formula is C13H24N4O2. The molecule has 1 N–H and O–H groups in total. The van der Waals surface area contributed by atoms with Crippen molar-refractivity contribution < 1.29 is 9.15 Å². The summed E-state index contributed by atoms with van der Waals surface area (Å²) >= 11 is 0. The van der Waals surface area contributed by atoms with Gasteiger partial charge in [-0.15, -0.1) is 5.10 Å². The summed E-state index contributed by atoms with van der Waals surface area (Å²) in [4.78, 5) is 2.10. The fourth-order valence-electron chi connectivity index (χ4n) is 2.42. The minimum absolute atomic E-state index is 0.164. The van der Waals surface area contributed by atoms with Gasteiger partial charge in [-0.3, -0.25) is 0 Å². The summed E-state index contributed by atoms with van der Waals surface area (Å²) in [6, 6.07) is 0.594. The Morgan fingerprint density at radius 3 is 2.89 bits per heavy atom. The topological polar surface area (TPSA) is 63.4 Å². The monoisotopic (exact) mass is 268 g/mol. The van der Waals surface area contributed by atoms with Gasteiger partial charge in [0.2, 0.25) is 5.89 Å². The lowest BCUT2D eigenvalue weighted by Gasteiger charge is -2.40. The summed E-state index contributed by atoms with van der Waals surface area (Å²) in [5.74, 6) is 0.639. The van der Waals surface area contributed by atoms with Crippen LogP contribution in [-0.4, -0.2) is 41.5 Å². The molecule has 0 bridgehead atoms. The van der Waals surface area contributed by atoms with Crippen LogP contribution in [0.15, 0.2) is 4.42 Å². The van der Waals surface area contributed by atoms with Gasteiger partial charge in [-0.05, 0) is 33.7 Å². The Balaban J connectivity index is 1.97. The number of hydrogen-bond acceptors (Lipinski definition) is 6. The molecule has 1 unspecified atom stereocenters. The lowest BCUT2D eigenvalue weighted by molar-refractivity contribution is -0.0761. The molecule has 0 amide bonds. The Hall–Kier alpha value is -1.14. The molecular weight excluding hydrogens is 244 g/mol. The van der Waals surface area contributed by atoms with E-state index >= 15 is 0 Å². The van der Waals surface area contributed by atoms with Gasteiger partial charge >= 0.3 is 6.01 Å². The predicted molar refractivity (Wildman–Crippen MR) is 73.1 cm³/mol. The van der Waals surface area contributed by atoms with Crippen molar-refractivity contribution in [1.82, 2.24) is 15.5 Å². The van der Waals surface area contributed by atoms with Crippen LogP contribution in [0.5, 0.6) is 0 Å². The van der Waals surface area contributed by atoms with E-state index in [1.54, 1.807) is 0 Å². The number of ether oxygens (including phenoxy) is 1. The number of hydrogen-bond donors (Lipinski definition) is 1. The van der Waals surface area contributed by atoms with Crippen molar-refractivity contribution in [1.29, 1.82) is 0 Å². The molecule has 0 saturated carbocycles. The minimum atomic E-state index is -0.188. The quantitative estimate of drug-likeness (QED) is 0.818. The molecule has 1 fully saturated rings. The molecule has 6 nitrogen and oxygen atoms in total. The maximum absolute atomic E-state index is 5.87. The lowest BCUT2D eigenvalue weighted by atomic mass is 10.1. The van der Waals surface area contributed by atoms with Gasteiger partial charge in [0.25, 0.3) is 0 Å². The Bertz CT molecular complexity index is 405. The van der Waals surface area contributed by atoms with Crippen LogP contribution in [-0.2, 0) is 11.3 Å². The smallest absolute Gasteiger partial charge is 0.318 e. The summed E-state index contributed by atoms with van der Waals surface area (Å²) in [7, 11) is 0. The molecule has 0 aliphatic carbocycles. The molecule has 1 aliphatic heterocycles. The van der Waals surface area contributed by atoms with Crippen LogP contribution in [0.2, 0.25) is 0 Å². The van der Waals surface area contributed by atoms with Crippen LogP contribution in [0.1, 0.15) is 40.0 Å². The fraction of sp³-hybridized carbons (Fsp3) is 0.846. The Morgan fingerprint density at radius 1 is 1.42 bits per heavy atom. The second-order valence-electron chi connectivity index (χ2n) is 5.72. The first-order valence-corrected chi connectivity index (χ1v) is 6.96. The third-order valence-electron chi connectivity index (χ3n) is 3.00. The highest BCUT2D eigenvalue weighted by molar-refractivity contribution is 5.26. The molecule has 1 saturated heterocycles. The van der Waals surface area contributed by atoms with Gasteiger partial charge in [0, 0.05) is 6.54 Å². The fourth-order valence-corrected chi connectivity index (χ4v) is 2.42. The zero-order valence-electron chi connectivity index (χ0n) is 12.3. The number of rotatable bonds is 5. The molecule has 0 spiro atoms. The zero-order chi connectivity index (χ0) is 13.9. The van der Waals surface area contributed by atoms with Crippen molar-refractivity contribution >= 4 is 6.01 Å². The highest BCUT2D eigenvalue weighted by Gasteiger charge is 2.33. The highest BCUT2D eigenvalue weighted by atomic mass is 16.5. The maximum atomic E-state index is 5.87. The molecule has 1 aliphatic rings. The molecule has 6 heteroatoms. The van der Waals surface area contributed by atoms with E-state index in [0.717, 1.165) is 26.1 Å². The van der Waals surface area contributed by atoms with Crippen LogP contribution >= 0.6 is 0 Å². The van der Waals surface area contributed by atoms with Crippen molar-refractivity contribution in [2.24, 2.45) is 0 Å². The Labute approximate surface area is 114 Å². The first kappa shape index (κ1) is 14.3. The minimum Gasteiger partial charge on any atom is -0.407 e. The molecule has 0 aromatic carbocycles. The predicted octanol–water partition coefficient (Wildman–Crippen LogP) is 1.57. The van der Waals surface area contributed by atoms with Gasteiger partial charge in [0.1, 0.15) is 0 Å². The van der Waals surface area contributed by atoms with Crippen LogP contribution < -0.4 is 10.2 Å². The maximum Gasteiger partial charge on any atom is 0.318 e. The summed E-state index contributed by atoms with van der Waals surface area (Å²) in [6.45, 7) is 11.5. The molecule has 2 rings (SSSR count). The number of nitrogens with zero attached hydrogens (tertiary/aromatic N) is 3. The molecule has 1 aromatic rings. The van der Waals surface area contributed by atoms with E-state index in [4.69, 9.17) is 9.15 Å². The third-order valence-corrected chi connectivity index (χ3v) is 3.00. The average Bonchev–Trinajstić information content (AvgIpc) is 2.75. The van der Waals surface area contributed by atoms with Crippen molar-refractivity contribution in [3.05, 3.63) is 5.89 Å². The number of morpholine rings is 1. The SMILES string of the molecule is CCCNCc1nnc(N2CC(C)OC(C)(C)C2)o1. The van der Waals surface area contributed by atoms with Gasteiger partial charge < -0.3 is 19.4 Å². The van der Waals surface area contributed by atoms with Gasteiger partial charge in [-0.1, -0.05) is 12.0 Å². The van der Waals surface area contributed by atoms with E-state index in [1.807, 2.05) is 0 Å². The second-order valence-corrected chi connectivity index (χ2v) is 5.72. The first-order chi connectivity index (χ1) is 9.00. The molecule has 0 radical (unpaired) electrons.